The summed E-state index contributed by atoms with van der Waals surface area (Å²) < 4.78 is 36.6. The maximum Gasteiger partial charge on any atom is 0.319 e. The largest absolute Gasteiger partial charge is 0.507 e. The number of piperazine rings is 1. The fourth-order valence-corrected chi connectivity index (χ4v) is 4.70. The van der Waals surface area contributed by atoms with Crippen molar-refractivity contribution in [3.63, 3.8) is 0 Å². The Kier molecular flexibility index (Phi) is 7.51. The molecule has 0 aliphatic carbocycles. The second kappa shape index (κ2) is 11.2. The van der Waals surface area contributed by atoms with Crippen molar-refractivity contribution in [3.8, 4) is 22.9 Å². The number of aromatic nitrogens is 4. The Balaban J connectivity index is 1.57. The number of benzene rings is 2. The molecule has 4 aromatic rings. The molecule has 9 nitrogen and oxygen atoms in total. The number of halogens is 3. The molecule has 2 aromatic heterocycles. The van der Waals surface area contributed by atoms with Crippen LogP contribution in [0, 0.1) is 11.6 Å². The van der Waals surface area contributed by atoms with Crippen molar-refractivity contribution >= 4 is 34.2 Å². The Morgan fingerprint density at radius 1 is 1.10 bits per heavy atom. The third kappa shape index (κ3) is 5.30. The third-order valence-electron chi connectivity index (χ3n) is 6.33. The molecule has 5 rings (SSSR count). The number of anilines is 1. The lowest BCUT2D eigenvalue weighted by molar-refractivity contribution is -0.126. The molecule has 0 saturated carbocycles. The number of amides is 1. The van der Waals surface area contributed by atoms with Crippen LogP contribution < -0.4 is 9.64 Å². The van der Waals surface area contributed by atoms with Crippen LogP contribution in [-0.2, 0) is 11.2 Å². The highest BCUT2D eigenvalue weighted by Crippen LogP contribution is 2.42. The van der Waals surface area contributed by atoms with E-state index in [0.29, 0.717) is 44.2 Å². The maximum atomic E-state index is 16.1. The standard InChI is InChI=1S/C27H23ClF2N6O3/c1-2-21(38)35-10-12-36(13-11-35)26-16-15-17(28)22(23-18(29)5-3-6-19(23)37)24(30)25(16)33-27(34-26)39-14-7-20-31-8-4-9-32-20/h2-6,8-9,15,37H,1,7,10-14H2. The Bertz CT molecular complexity index is 1530. The van der Waals surface area contributed by atoms with Crippen molar-refractivity contribution in [1.29, 1.82) is 0 Å². The fourth-order valence-electron chi connectivity index (χ4n) is 4.42. The van der Waals surface area contributed by atoms with Crippen LogP contribution in [0.2, 0.25) is 5.02 Å². The first-order chi connectivity index (χ1) is 18.9. The molecule has 1 aliphatic heterocycles. The number of fused-ring (bicyclic) bond motifs is 1. The number of nitrogens with zero attached hydrogens (tertiary/aromatic N) is 6. The molecular formula is C27H23ClF2N6O3. The van der Waals surface area contributed by atoms with Gasteiger partial charge < -0.3 is 19.6 Å². The minimum atomic E-state index is -0.932. The molecule has 1 fully saturated rings. The van der Waals surface area contributed by atoms with Crippen molar-refractivity contribution in [2.75, 3.05) is 37.7 Å². The first kappa shape index (κ1) is 26.2. The number of rotatable bonds is 7. The van der Waals surface area contributed by atoms with Crippen molar-refractivity contribution in [2.24, 2.45) is 0 Å². The Morgan fingerprint density at radius 3 is 2.54 bits per heavy atom. The predicted molar refractivity (Wildman–Crippen MR) is 142 cm³/mol. The van der Waals surface area contributed by atoms with Crippen LogP contribution in [-0.4, -0.2) is 68.6 Å². The van der Waals surface area contributed by atoms with Gasteiger partial charge in [-0.15, -0.1) is 0 Å². The van der Waals surface area contributed by atoms with Gasteiger partial charge in [0.1, 0.15) is 28.7 Å². The summed E-state index contributed by atoms with van der Waals surface area (Å²) in [7, 11) is 0. The number of aromatic hydroxyl groups is 1. The van der Waals surface area contributed by atoms with Crippen LogP contribution in [0.3, 0.4) is 0 Å². The molecule has 39 heavy (non-hydrogen) atoms. The highest BCUT2D eigenvalue weighted by molar-refractivity contribution is 6.34. The average Bonchev–Trinajstić information content (AvgIpc) is 2.95. The minimum absolute atomic E-state index is 0.108. The summed E-state index contributed by atoms with van der Waals surface area (Å²) in [6, 6.07) is 6.69. The second-order valence-electron chi connectivity index (χ2n) is 8.69. The summed E-state index contributed by atoms with van der Waals surface area (Å²) in [5, 5.41) is 10.5. The van der Waals surface area contributed by atoms with Gasteiger partial charge in [0.2, 0.25) is 5.91 Å². The van der Waals surface area contributed by atoms with Gasteiger partial charge in [-0.25, -0.2) is 18.7 Å². The molecule has 0 atom stereocenters. The zero-order valence-electron chi connectivity index (χ0n) is 20.6. The van der Waals surface area contributed by atoms with Crippen LogP contribution in [0.5, 0.6) is 11.8 Å². The zero-order chi connectivity index (χ0) is 27.5. The molecule has 200 valence electrons. The molecule has 2 aromatic carbocycles. The van der Waals surface area contributed by atoms with Crippen molar-refractivity contribution in [1.82, 2.24) is 24.8 Å². The summed E-state index contributed by atoms with van der Waals surface area (Å²) >= 11 is 6.47. The van der Waals surface area contributed by atoms with E-state index >= 15 is 4.39 Å². The summed E-state index contributed by atoms with van der Waals surface area (Å²) in [5.74, 6) is -1.52. The molecule has 1 aliphatic rings. The molecule has 12 heteroatoms. The maximum absolute atomic E-state index is 16.1. The number of phenolic OH excluding ortho intramolecular Hbond substituents is 1. The topological polar surface area (TPSA) is 105 Å². The van der Waals surface area contributed by atoms with E-state index in [1.807, 2.05) is 4.90 Å². The molecule has 0 unspecified atom stereocenters. The van der Waals surface area contributed by atoms with Gasteiger partial charge in [0, 0.05) is 55.9 Å². The van der Waals surface area contributed by atoms with Gasteiger partial charge in [0.15, 0.2) is 5.82 Å². The summed E-state index contributed by atoms with van der Waals surface area (Å²) in [4.78, 5) is 32.7. The highest BCUT2D eigenvalue weighted by atomic mass is 35.5. The molecule has 0 spiro atoms. The summed E-state index contributed by atoms with van der Waals surface area (Å²) in [6.45, 7) is 5.24. The van der Waals surface area contributed by atoms with Gasteiger partial charge in [0.05, 0.1) is 17.2 Å². The molecular weight excluding hydrogens is 530 g/mol. The van der Waals surface area contributed by atoms with Crippen LogP contribution >= 0.6 is 11.6 Å². The van der Waals surface area contributed by atoms with Crippen molar-refractivity contribution < 1.29 is 23.4 Å². The quantitative estimate of drug-likeness (QED) is 0.341. The first-order valence-electron chi connectivity index (χ1n) is 12.1. The normalized spacial score (nSPS) is 13.5. The molecule has 1 amide bonds. The van der Waals surface area contributed by atoms with Crippen LogP contribution in [0.1, 0.15) is 5.82 Å². The summed E-state index contributed by atoms with van der Waals surface area (Å²) in [5.41, 5.74) is -0.852. The Morgan fingerprint density at radius 2 is 1.85 bits per heavy atom. The smallest absolute Gasteiger partial charge is 0.319 e. The van der Waals surface area contributed by atoms with Crippen molar-refractivity contribution in [2.45, 2.75) is 6.42 Å². The van der Waals surface area contributed by atoms with Gasteiger partial charge in [-0.3, -0.25) is 4.79 Å². The average molecular weight is 553 g/mol. The van der Waals surface area contributed by atoms with E-state index in [2.05, 4.69) is 26.5 Å². The predicted octanol–water partition coefficient (Wildman–Crippen LogP) is 4.18. The number of hydrogen-bond donors (Lipinski definition) is 1. The van der Waals surface area contributed by atoms with E-state index in [0.717, 1.165) is 6.07 Å². The van der Waals surface area contributed by atoms with Gasteiger partial charge in [-0.05, 0) is 30.3 Å². The second-order valence-corrected chi connectivity index (χ2v) is 9.09. The number of phenols is 1. The van der Waals surface area contributed by atoms with Crippen LogP contribution in [0.4, 0.5) is 14.6 Å². The van der Waals surface area contributed by atoms with E-state index in [-0.39, 0.29) is 45.6 Å². The van der Waals surface area contributed by atoms with E-state index in [4.69, 9.17) is 16.3 Å². The van der Waals surface area contributed by atoms with E-state index in [1.165, 1.54) is 24.3 Å². The van der Waals surface area contributed by atoms with Gasteiger partial charge in [-0.1, -0.05) is 24.2 Å². The fraction of sp³-hybridized carbons (Fsp3) is 0.222. The lowest BCUT2D eigenvalue weighted by Crippen LogP contribution is -2.48. The third-order valence-corrected chi connectivity index (χ3v) is 6.62. The molecule has 1 N–H and O–H groups in total. The zero-order valence-corrected chi connectivity index (χ0v) is 21.4. The monoisotopic (exact) mass is 552 g/mol. The first-order valence-corrected chi connectivity index (χ1v) is 12.5. The summed E-state index contributed by atoms with van der Waals surface area (Å²) in [6.07, 6.45) is 4.84. The molecule has 1 saturated heterocycles. The highest BCUT2D eigenvalue weighted by Gasteiger charge is 2.27. The van der Waals surface area contributed by atoms with Gasteiger partial charge in [0.25, 0.3) is 0 Å². The Hall–Kier alpha value is -4.38. The van der Waals surface area contributed by atoms with E-state index in [9.17, 15) is 14.3 Å². The number of ether oxygens (including phenoxy) is 1. The number of carbonyl (C=O) groups excluding carboxylic acids is 1. The van der Waals surface area contributed by atoms with Crippen molar-refractivity contribution in [3.05, 3.63) is 77.9 Å². The SMILES string of the molecule is C=CC(=O)N1CCN(c2nc(OCCc3ncccn3)nc3c(F)c(-c4c(O)cccc4F)c(Cl)cc23)CC1. The Labute approximate surface area is 227 Å². The number of carbonyl (C=O) groups is 1. The lowest BCUT2D eigenvalue weighted by Gasteiger charge is -2.35. The lowest BCUT2D eigenvalue weighted by atomic mass is 10.0. The van der Waals surface area contributed by atoms with E-state index in [1.54, 1.807) is 23.4 Å². The van der Waals surface area contributed by atoms with E-state index < -0.39 is 17.4 Å². The molecule has 3 heterocycles. The minimum Gasteiger partial charge on any atom is -0.507 e. The number of hydrogen-bond acceptors (Lipinski definition) is 8. The van der Waals surface area contributed by atoms with Crippen LogP contribution in [0.15, 0.2) is 55.4 Å². The van der Waals surface area contributed by atoms with Gasteiger partial charge >= 0.3 is 6.01 Å². The van der Waals surface area contributed by atoms with Gasteiger partial charge in [-0.2, -0.15) is 9.97 Å². The molecule has 0 bridgehead atoms. The van der Waals surface area contributed by atoms with Crippen LogP contribution in [0.25, 0.3) is 22.0 Å². The molecule has 0 radical (unpaired) electrons.